The SMILES string of the molecule is Cn1c(-c2ccoc2Br)nc2cc(CN)ccc21. The Balaban J connectivity index is 2.25. The monoisotopic (exact) mass is 305 g/mol. The van der Waals surface area contributed by atoms with Crippen LogP contribution in [0.15, 0.2) is 39.6 Å². The second-order valence-electron chi connectivity index (χ2n) is 4.13. The van der Waals surface area contributed by atoms with Crippen molar-refractivity contribution in [3.05, 3.63) is 40.8 Å². The van der Waals surface area contributed by atoms with E-state index in [4.69, 9.17) is 10.2 Å². The average molecular weight is 306 g/mol. The van der Waals surface area contributed by atoms with E-state index in [0.29, 0.717) is 11.2 Å². The Kier molecular flexibility index (Phi) is 2.72. The van der Waals surface area contributed by atoms with E-state index in [9.17, 15) is 0 Å². The van der Waals surface area contributed by atoms with Gasteiger partial charge in [-0.2, -0.15) is 0 Å². The maximum absolute atomic E-state index is 5.65. The number of hydrogen-bond acceptors (Lipinski definition) is 3. The number of imidazole rings is 1. The standard InChI is InChI=1S/C13H12BrN3O/c1-17-11-3-2-8(7-15)6-10(11)16-13(17)9-4-5-18-12(9)14/h2-6H,7,15H2,1H3. The fraction of sp³-hybridized carbons (Fsp3) is 0.154. The van der Waals surface area contributed by atoms with E-state index < -0.39 is 0 Å². The van der Waals surface area contributed by atoms with Crippen molar-refractivity contribution in [3.63, 3.8) is 0 Å². The van der Waals surface area contributed by atoms with Crippen molar-refractivity contribution in [3.8, 4) is 11.4 Å². The van der Waals surface area contributed by atoms with E-state index in [1.165, 1.54) is 0 Å². The molecule has 0 aliphatic rings. The minimum Gasteiger partial charge on any atom is -0.457 e. The van der Waals surface area contributed by atoms with Crippen LogP contribution in [0.5, 0.6) is 0 Å². The molecule has 0 saturated carbocycles. The number of aromatic nitrogens is 2. The minimum atomic E-state index is 0.525. The van der Waals surface area contributed by atoms with Gasteiger partial charge < -0.3 is 14.7 Å². The highest BCUT2D eigenvalue weighted by Gasteiger charge is 2.14. The Morgan fingerprint density at radius 2 is 2.22 bits per heavy atom. The number of fused-ring (bicyclic) bond motifs is 1. The van der Waals surface area contributed by atoms with Crippen molar-refractivity contribution >= 4 is 27.0 Å². The Hall–Kier alpha value is -1.59. The molecule has 92 valence electrons. The van der Waals surface area contributed by atoms with Gasteiger partial charge in [-0.15, -0.1) is 0 Å². The Morgan fingerprint density at radius 3 is 2.89 bits per heavy atom. The van der Waals surface area contributed by atoms with Crippen LogP contribution in [0.25, 0.3) is 22.4 Å². The summed E-state index contributed by atoms with van der Waals surface area (Å²) >= 11 is 3.38. The number of rotatable bonds is 2. The molecule has 1 aromatic carbocycles. The van der Waals surface area contributed by atoms with Crippen LogP contribution in [0.1, 0.15) is 5.56 Å². The van der Waals surface area contributed by atoms with Gasteiger partial charge in [0.25, 0.3) is 0 Å². The van der Waals surface area contributed by atoms with Gasteiger partial charge in [-0.1, -0.05) is 6.07 Å². The first-order valence-electron chi connectivity index (χ1n) is 5.59. The number of furan rings is 1. The summed E-state index contributed by atoms with van der Waals surface area (Å²) in [5, 5.41) is 0. The summed E-state index contributed by atoms with van der Waals surface area (Å²) in [5.41, 5.74) is 9.70. The van der Waals surface area contributed by atoms with Crippen LogP contribution in [-0.4, -0.2) is 9.55 Å². The molecule has 0 aliphatic heterocycles. The zero-order valence-electron chi connectivity index (χ0n) is 9.85. The number of aryl methyl sites for hydroxylation is 1. The van der Waals surface area contributed by atoms with Crippen molar-refractivity contribution in [2.75, 3.05) is 0 Å². The smallest absolute Gasteiger partial charge is 0.179 e. The second kappa shape index (κ2) is 4.26. The third kappa shape index (κ3) is 1.67. The molecular formula is C13H12BrN3O. The second-order valence-corrected chi connectivity index (χ2v) is 4.85. The molecule has 0 radical (unpaired) electrons. The van der Waals surface area contributed by atoms with Crippen molar-refractivity contribution in [2.24, 2.45) is 12.8 Å². The number of benzene rings is 1. The van der Waals surface area contributed by atoms with Gasteiger partial charge in [0.05, 0.1) is 22.9 Å². The molecule has 0 unspecified atom stereocenters. The third-order valence-electron chi connectivity index (χ3n) is 3.04. The number of nitrogens with zero attached hydrogens (tertiary/aromatic N) is 2. The van der Waals surface area contributed by atoms with E-state index in [-0.39, 0.29) is 0 Å². The van der Waals surface area contributed by atoms with E-state index in [1.807, 2.05) is 35.9 Å². The van der Waals surface area contributed by atoms with Crippen LogP contribution in [0.2, 0.25) is 0 Å². The number of nitrogens with two attached hydrogens (primary N) is 1. The fourth-order valence-electron chi connectivity index (χ4n) is 2.07. The topological polar surface area (TPSA) is 57.0 Å². The molecule has 0 fully saturated rings. The maximum Gasteiger partial charge on any atom is 0.179 e. The zero-order valence-corrected chi connectivity index (χ0v) is 11.4. The minimum absolute atomic E-state index is 0.525. The lowest BCUT2D eigenvalue weighted by Crippen LogP contribution is -1.95. The van der Waals surface area contributed by atoms with Crippen LogP contribution in [0, 0.1) is 0 Å². The fourth-order valence-corrected chi connectivity index (χ4v) is 2.48. The first kappa shape index (κ1) is 11.5. The molecule has 0 spiro atoms. The molecule has 3 aromatic rings. The summed E-state index contributed by atoms with van der Waals surface area (Å²) in [7, 11) is 1.99. The lowest BCUT2D eigenvalue weighted by molar-refractivity contribution is 0.542. The van der Waals surface area contributed by atoms with Crippen molar-refractivity contribution in [2.45, 2.75) is 6.54 Å². The summed E-state index contributed by atoms with van der Waals surface area (Å²) in [6, 6.07) is 7.99. The molecule has 0 saturated heterocycles. The van der Waals surface area contributed by atoms with E-state index in [2.05, 4.69) is 20.9 Å². The quantitative estimate of drug-likeness (QED) is 0.791. The van der Waals surface area contributed by atoms with Gasteiger partial charge in [-0.3, -0.25) is 0 Å². The number of halogens is 1. The van der Waals surface area contributed by atoms with Gasteiger partial charge in [0.15, 0.2) is 4.67 Å². The van der Waals surface area contributed by atoms with Crippen LogP contribution < -0.4 is 5.73 Å². The lowest BCUT2D eigenvalue weighted by atomic mass is 10.2. The van der Waals surface area contributed by atoms with Crippen molar-refractivity contribution in [1.29, 1.82) is 0 Å². The third-order valence-corrected chi connectivity index (χ3v) is 3.65. The molecule has 2 aromatic heterocycles. The Morgan fingerprint density at radius 1 is 1.39 bits per heavy atom. The first-order valence-corrected chi connectivity index (χ1v) is 6.39. The normalized spacial score (nSPS) is 11.3. The molecular weight excluding hydrogens is 294 g/mol. The first-order chi connectivity index (χ1) is 8.70. The molecule has 2 N–H and O–H groups in total. The highest BCUT2D eigenvalue weighted by Crippen LogP contribution is 2.30. The molecule has 2 heterocycles. The van der Waals surface area contributed by atoms with E-state index in [1.54, 1.807) is 6.26 Å². The summed E-state index contributed by atoms with van der Waals surface area (Å²) in [5.74, 6) is 0.875. The predicted molar refractivity (Wildman–Crippen MR) is 74.0 cm³/mol. The lowest BCUT2D eigenvalue weighted by Gasteiger charge is -2.00. The summed E-state index contributed by atoms with van der Waals surface area (Å²) in [4.78, 5) is 4.64. The molecule has 4 nitrogen and oxygen atoms in total. The maximum atomic E-state index is 5.65. The van der Waals surface area contributed by atoms with Crippen LogP contribution in [0.3, 0.4) is 0 Å². The highest BCUT2D eigenvalue weighted by atomic mass is 79.9. The van der Waals surface area contributed by atoms with Crippen LogP contribution >= 0.6 is 15.9 Å². The number of hydrogen-bond donors (Lipinski definition) is 1. The van der Waals surface area contributed by atoms with Gasteiger partial charge in [0.1, 0.15) is 5.82 Å². The Labute approximate surface area is 113 Å². The van der Waals surface area contributed by atoms with Gasteiger partial charge in [0.2, 0.25) is 0 Å². The molecule has 5 heteroatoms. The molecule has 0 aliphatic carbocycles. The average Bonchev–Trinajstić information content (AvgIpc) is 2.93. The highest BCUT2D eigenvalue weighted by molar-refractivity contribution is 9.10. The Bertz CT molecular complexity index is 714. The van der Waals surface area contributed by atoms with Gasteiger partial charge in [-0.25, -0.2) is 4.98 Å². The molecule has 3 rings (SSSR count). The summed E-state index contributed by atoms with van der Waals surface area (Å²) < 4.78 is 8.00. The van der Waals surface area contributed by atoms with Crippen LogP contribution in [0.4, 0.5) is 0 Å². The molecule has 0 atom stereocenters. The van der Waals surface area contributed by atoms with Gasteiger partial charge >= 0.3 is 0 Å². The summed E-state index contributed by atoms with van der Waals surface area (Å²) in [6.45, 7) is 0.525. The van der Waals surface area contributed by atoms with Crippen LogP contribution in [-0.2, 0) is 13.6 Å². The zero-order chi connectivity index (χ0) is 12.7. The summed E-state index contributed by atoms with van der Waals surface area (Å²) in [6.07, 6.45) is 1.64. The van der Waals surface area contributed by atoms with Crippen molar-refractivity contribution < 1.29 is 4.42 Å². The van der Waals surface area contributed by atoms with Crippen molar-refractivity contribution in [1.82, 2.24) is 9.55 Å². The van der Waals surface area contributed by atoms with Gasteiger partial charge in [0, 0.05) is 13.6 Å². The molecule has 0 bridgehead atoms. The van der Waals surface area contributed by atoms with Gasteiger partial charge in [-0.05, 0) is 39.7 Å². The van der Waals surface area contributed by atoms with E-state index in [0.717, 1.165) is 28.0 Å². The molecule has 0 amide bonds. The van der Waals surface area contributed by atoms with E-state index >= 15 is 0 Å². The largest absolute Gasteiger partial charge is 0.457 e. The molecule has 18 heavy (non-hydrogen) atoms. The predicted octanol–water partition coefficient (Wildman–Crippen LogP) is 3.05.